The third-order valence-electron chi connectivity index (χ3n) is 5.65. The van der Waals surface area contributed by atoms with Crippen LogP contribution in [0.25, 0.3) is 11.0 Å². The van der Waals surface area contributed by atoms with Crippen molar-refractivity contribution in [2.75, 3.05) is 25.5 Å². The predicted octanol–water partition coefficient (Wildman–Crippen LogP) is 4.16. The lowest BCUT2D eigenvalue weighted by Gasteiger charge is -2.31. The third kappa shape index (κ3) is 5.19. The fraction of sp³-hybridized carbons (Fsp3) is 0.591. The molecule has 1 fully saturated rings. The second-order valence-corrected chi connectivity index (χ2v) is 7.63. The van der Waals surface area contributed by atoms with Gasteiger partial charge in [0.2, 0.25) is 11.8 Å². The highest BCUT2D eigenvalue weighted by Crippen LogP contribution is 2.28. The van der Waals surface area contributed by atoms with E-state index in [1.807, 2.05) is 12.1 Å². The van der Waals surface area contributed by atoms with Gasteiger partial charge in [-0.1, -0.05) is 39.0 Å². The number of rotatable bonds is 9. The van der Waals surface area contributed by atoms with Crippen molar-refractivity contribution in [2.45, 2.75) is 51.9 Å². The SMILES string of the molecule is CCCCCCCC1CNCCC1C(=O)Nc1ccnc2ccc(OC)nc12. The van der Waals surface area contributed by atoms with Crippen LogP contribution in [0, 0.1) is 11.8 Å². The van der Waals surface area contributed by atoms with E-state index in [-0.39, 0.29) is 11.8 Å². The minimum absolute atomic E-state index is 0.0428. The van der Waals surface area contributed by atoms with Crippen molar-refractivity contribution >= 4 is 22.6 Å². The maximum Gasteiger partial charge on any atom is 0.227 e. The zero-order valence-electron chi connectivity index (χ0n) is 17.0. The summed E-state index contributed by atoms with van der Waals surface area (Å²) in [5, 5.41) is 6.58. The number of nitrogens with one attached hydrogen (secondary N) is 2. The Kier molecular flexibility index (Phi) is 7.60. The molecule has 2 aromatic rings. The van der Waals surface area contributed by atoms with Gasteiger partial charge in [-0.25, -0.2) is 4.98 Å². The van der Waals surface area contributed by atoms with E-state index in [1.54, 1.807) is 19.4 Å². The summed E-state index contributed by atoms with van der Waals surface area (Å²) >= 11 is 0. The van der Waals surface area contributed by atoms with Gasteiger partial charge in [0.15, 0.2) is 0 Å². The van der Waals surface area contributed by atoms with Crippen LogP contribution in [0.15, 0.2) is 24.4 Å². The van der Waals surface area contributed by atoms with Crippen molar-refractivity contribution in [1.82, 2.24) is 15.3 Å². The van der Waals surface area contributed by atoms with Crippen molar-refractivity contribution in [1.29, 1.82) is 0 Å². The molecule has 0 aromatic carbocycles. The molecule has 3 rings (SSSR count). The van der Waals surface area contributed by atoms with Crippen LogP contribution in [0.3, 0.4) is 0 Å². The van der Waals surface area contributed by atoms with Crippen LogP contribution in [0.4, 0.5) is 5.69 Å². The van der Waals surface area contributed by atoms with Crippen LogP contribution >= 0.6 is 0 Å². The fourth-order valence-electron chi connectivity index (χ4n) is 4.03. The van der Waals surface area contributed by atoms with E-state index in [1.165, 1.54) is 32.1 Å². The summed E-state index contributed by atoms with van der Waals surface area (Å²) in [6.45, 7) is 4.06. The number of carbonyl (C=O) groups excluding carboxylic acids is 1. The Morgan fingerprint density at radius 1 is 1.25 bits per heavy atom. The second-order valence-electron chi connectivity index (χ2n) is 7.63. The zero-order valence-corrected chi connectivity index (χ0v) is 17.0. The molecule has 2 atom stereocenters. The van der Waals surface area contributed by atoms with E-state index < -0.39 is 0 Å². The van der Waals surface area contributed by atoms with Gasteiger partial charge in [0, 0.05) is 18.2 Å². The number of amides is 1. The molecule has 3 heterocycles. The van der Waals surface area contributed by atoms with E-state index >= 15 is 0 Å². The molecule has 1 aliphatic rings. The Morgan fingerprint density at radius 3 is 2.93 bits per heavy atom. The minimum atomic E-state index is 0.0428. The Hall–Kier alpha value is -2.21. The van der Waals surface area contributed by atoms with Gasteiger partial charge in [-0.2, -0.15) is 0 Å². The first kappa shape index (κ1) is 20.5. The highest BCUT2D eigenvalue weighted by Gasteiger charge is 2.30. The number of ether oxygens (including phenoxy) is 1. The number of methoxy groups -OCH3 is 1. The van der Waals surface area contributed by atoms with E-state index in [2.05, 4.69) is 27.5 Å². The van der Waals surface area contributed by atoms with Gasteiger partial charge in [-0.05, 0) is 44.0 Å². The molecule has 2 N–H and O–H groups in total. The van der Waals surface area contributed by atoms with E-state index in [9.17, 15) is 4.79 Å². The van der Waals surface area contributed by atoms with Crippen LogP contribution in [0.5, 0.6) is 5.88 Å². The summed E-state index contributed by atoms with van der Waals surface area (Å²) < 4.78 is 5.23. The molecule has 0 aliphatic carbocycles. The molecule has 152 valence electrons. The largest absolute Gasteiger partial charge is 0.481 e. The first-order valence-corrected chi connectivity index (χ1v) is 10.5. The smallest absolute Gasteiger partial charge is 0.227 e. The molecule has 2 aromatic heterocycles. The van der Waals surface area contributed by atoms with E-state index in [4.69, 9.17) is 4.74 Å². The molecule has 6 heteroatoms. The molecule has 1 amide bonds. The number of pyridine rings is 2. The Morgan fingerprint density at radius 2 is 2.11 bits per heavy atom. The molecule has 0 saturated carbocycles. The maximum atomic E-state index is 13.1. The lowest BCUT2D eigenvalue weighted by atomic mass is 9.82. The average molecular weight is 385 g/mol. The van der Waals surface area contributed by atoms with Gasteiger partial charge in [0.25, 0.3) is 0 Å². The molecule has 0 bridgehead atoms. The number of hydrogen-bond acceptors (Lipinski definition) is 5. The predicted molar refractivity (Wildman–Crippen MR) is 113 cm³/mol. The molecular weight excluding hydrogens is 352 g/mol. The summed E-state index contributed by atoms with van der Waals surface area (Å²) in [6, 6.07) is 5.45. The van der Waals surface area contributed by atoms with Gasteiger partial charge in [-0.15, -0.1) is 0 Å². The van der Waals surface area contributed by atoms with E-state index in [0.29, 0.717) is 23.0 Å². The molecule has 0 radical (unpaired) electrons. The molecule has 0 spiro atoms. The van der Waals surface area contributed by atoms with Gasteiger partial charge in [0.05, 0.1) is 18.3 Å². The summed E-state index contributed by atoms with van der Waals surface area (Å²) in [7, 11) is 1.59. The van der Waals surface area contributed by atoms with Crippen LogP contribution in [-0.4, -0.2) is 36.1 Å². The Balaban J connectivity index is 1.67. The molecular formula is C22H32N4O2. The molecule has 2 unspecified atom stereocenters. The monoisotopic (exact) mass is 384 g/mol. The van der Waals surface area contributed by atoms with Gasteiger partial charge in [0.1, 0.15) is 5.52 Å². The third-order valence-corrected chi connectivity index (χ3v) is 5.65. The topological polar surface area (TPSA) is 76.1 Å². The number of anilines is 1. The minimum Gasteiger partial charge on any atom is -0.481 e. The normalized spacial score (nSPS) is 19.5. The molecule has 1 aliphatic heterocycles. The second kappa shape index (κ2) is 10.4. The van der Waals surface area contributed by atoms with Crippen LogP contribution < -0.4 is 15.4 Å². The summed E-state index contributed by atoms with van der Waals surface area (Å²) in [5.41, 5.74) is 2.12. The Labute approximate surface area is 167 Å². The van der Waals surface area contributed by atoms with Crippen molar-refractivity contribution in [2.24, 2.45) is 11.8 Å². The lowest BCUT2D eigenvalue weighted by molar-refractivity contribution is -0.122. The molecule has 6 nitrogen and oxygen atoms in total. The quantitative estimate of drug-likeness (QED) is 0.635. The highest BCUT2D eigenvalue weighted by molar-refractivity contribution is 6.00. The lowest BCUT2D eigenvalue weighted by Crippen LogP contribution is -2.42. The number of nitrogens with zero attached hydrogens (tertiary/aromatic N) is 2. The number of fused-ring (bicyclic) bond motifs is 1. The Bertz CT molecular complexity index is 780. The van der Waals surface area contributed by atoms with Crippen LogP contribution in [-0.2, 0) is 4.79 Å². The summed E-state index contributed by atoms with van der Waals surface area (Å²) in [4.78, 5) is 21.9. The first-order valence-electron chi connectivity index (χ1n) is 10.5. The van der Waals surface area contributed by atoms with Gasteiger partial charge in [-0.3, -0.25) is 9.78 Å². The summed E-state index contributed by atoms with van der Waals surface area (Å²) in [6.07, 6.45) is 10.0. The van der Waals surface area contributed by atoms with Crippen molar-refractivity contribution in [3.63, 3.8) is 0 Å². The number of piperidine rings is 1. The number of aromatic nitrogens is 2. The van der Waals surface area contributed by atoms with Gasteiger partial charge >= 0.3 is 0 Å². The molecule has 1 saturated heterocycles. The van der Waals surface area contributed by atoms with Crippen molar-refractivity contribution in [3.8, 4) is 5.88 Å². The number of hydrogen-bond donors (Lipinski definition) is 2. The number of carbonyl (C=O) groups is 1. The fourth-order valence-corrected chi connectivity index (χ4v) is 4.03. The average Bonchev–Trinajstić information content (AvgIpc) is 2.73. The van der Waals surface area contributed by atoms with Crippen LogP contribution in [0.2, 0.25) is 0 Å². The summed E-state index contributed by atoms with van der Waals surface area (Å²) in [5.74, 6) is 1.05. The highest BCUT2D eigenvalue weighted by atomic mass is 16.5. The van der Waals surface area contributed by atoms with Crippen LogP contribution in [0.1, 0.15) is 51.9 Å². The van der Waals surface area contributed by atoms with Crippen molar-refractivity contribution < 1.29 is 9.53 Å². The van der Waals surface area contributed by atoms with E-state index in [0.717, 1.165) is 31.4 Å². The zero-order chi connectivity index (χ0) is 19.8. The maximum absolute atomic E-state index is 13.1. The standard InChI is InChI=1S/C22H32N4O2/c1-3-4-5-6-7-8-16-15-23-13-11-17(16)22(27)25-19-12-14-24-18-9-10-20(28-2)26-21(18)19/h9-10,12,14,16-17,23H,3-8,11,13,15H2,1-2H3,(H,24,25,27). The van der Waals surface area contributed by atoms with Crippen molar-refractivity contribution in [3.05, 3.63) is 24.4 Å². The first-order chi connectivity index (χ1) is 13.7. The van der Waals surface area contributed by atoms with Gasteiger partial charge < -0.3 is 15.4 Å². The molecule has 28 heavy (non-hydrogen) atoms. The number of unbranched alkanes of at least 4 members (excludes halogenated alkanes) is 4.